The second-order valence-electron chi connectivity index (χ2n) is 5.96. The lowest BCUT2D eigenvalue weighted by Gasteiger charge is -2.10. The summed E-state index contributed by atoms with van der Waals surface area (Å²) in [4.78, 5) is 11.5. The van der Waals surface area contributed by atoms with Gasteiger partial charge in [0.1, 0.15) is 20.9 Å². The van der Waals surface area contributed by atoms with Gasteiger partial charge in [-0.2, -0.15) is 5.26 Å². The van der Waals surface area contributed by atoms with Crippen molar-refractivity contribution in [1.82, 2.24) is 9.97 Å². The van der Waals surface area contributed by atoms with Crippen LogP contribution in [0.25, 0.3) is 10.2 Å². The quantitative estimate of drug-likeness (QED) is 0.480. The first-order chi connectivity index (χ1) is 11.5. The van der Waals surface area contributed by atoms with E-state index in [-0.39, 0.29) is 5.25 Å². The van der Waals surface area contributed by atoms with Gasteiger partial charge in [0.2, 0.25) is 0 Å². The highest BCUT2D eigenvalue weighted by Gasteiger charge is 2.18. The number of fused-ring (bicyclic) bond motifs is 1. The predicted molar refractivity (Wildman–Crippen MR) is 102 cm³/mol. The van der Waals surface area contributed by atoms with E-state index < -0.39 is 0 Å². The molecule has 3 aromatic rings. The molecule has 0 bridgehead atoms. The molecule has 122 valence electrons. The van der Waals surface area contributed by atoms with Crippen molar-refractivity contribution in [3.63, 3.8) is 0 Å². The van der Waals surface area contributed by atoms with Gasteiger partial charge in [-0.05, 0) is 45.2 Å². The fourth-order valence-corrected chi connectivity index (χ4v) is 4.88. The Labute approximate surface area is 150 Å². The number of thioether (sulfide) groups is 1. The van der Waals surface area contributed by atoms with E-state index in [2.05, 4.69) is 61.1 Å². The zero-order chi connectivity index (χ0) is 17.3. The molecule has 1 aromatic carbocycles. The summed E-state index contributed by atoms with van der Waals surface area (Å²) < 4.78 is 0. The third kappa shape index (κ3) is 3.45. The number of hydrogen-bond donors (Lipinski definition) is 0. The summed E-state index contributed by atoms with van der Waals surface area (Å²) >= 11 is 3.25. The molecule has 0 saturated heterocycles. The highest BCUT2D eigenvalue weighted by Crippen LogP contribution is 2.37. The van der Waals surface area contributed by atoms with Crippen molar-refractivity contribution in [2.24, 2.45) is 0 Å². The molecule has 0 aliphatic rings. The predicted octanol–water partition coefficient (Wildman–Crippen LogP) is 5.15. The zero-order valence-corrected chi connectivity index (χ0v) is 15.9. The molecule has 5 heteroatoms. The van der Waals surface area contributed by atoms with Gasteiger partial charge in [0.15, 0.2) is 0 Å². The number of hydrogen-bond acceptors (Lipinski definition) is 5. The van der Waals surface area contributed by atoms with Crippen LogP contribution in [0.15, 0.2) is 29.3 Å². The van der Waals surface area contributed by atoms with Crippen molar-refractivity contribution in [2.45, 2.75) is 44.4 Å². The van der Waals surface area contributed by atoms with Crippen LogP contribution >= 0.6 is 23.1 Å². The van der Waals surface area contributed by atoms with E-state index in [4.69, 9.17) is 0 Å². The average molecular weight is 354 g/mol. The second kappa shape index (κ2) is 6.92. The molecular weight excluding hydrogens is 334 g/mol. The lowest BCUT2D eigenvalue weighted by atomic mass is 10.1. The van der Waals surface area contributed by atoms with Crippen molar-refractivity contribution in [3.05, 3.63) is 51.7 Å². The third-order valence-electron chi connectivity index (χ3n) is 4.05. The molecule has 1 atom stereocenters. The Hall–Kier alpha value is -1.90. The maximum Gasteiger partial charge on any atom is 0.128 e. The molecule has 2 aromatic heterocycles. The van der Waals surface area contributed by atoms with Gasteiger partial charge in [-0.1, -0.05) is 41.6 Å². The summed E-state index contributed by atoms with van der Waals surface area (Å²) in [6.45, 7) is 8.20. The molecule has 0 aliphatic heterocycles. The topological polar surface area (TPSA) is 49.6 Å². The van der Waals surface area contributed by atoms with Crippen LogP contribution in [0.5, 0.6) is 0 Å². The van der Waals surface area contributed by atoms with E-state index in [1.54, 1.807) is 23.1 Å². The van der Waals surface area contributed by atoms with E-state index in [0.29, 0.717) is 6.42 Å². The number of rotatable bonds is 4. The van der Waals surface area contributed by atoms with E-state index in [1.807, 2.05) is 6.92 Å². The summed E-state index contributed by atoms with van der Waals surface area (Å²) in [5.41, 5.74) is 3.64. The standard InChI is InChI=1S/C19H19N3S2/c1-11-5-7-15(8-6-11)9-16(10-20)24-19-17-12(2)13(3)23-18(17)21-14(4)22-19/h5-8,16H,9H2,1-4H3/t16-/m1/s1. The van der Waals surface area contributed by atoms with E-state index in [0.717, 1.165) is 21.1 Å². The minimum atomic E-state index is -0.162. The summed E-state index contributed by atoms with van der Waals surface area (Å²) in [7, 11) is 0. The van der Waals surface area contributed by atoms with Crippen molar-refractivity contribution in [3.8, 4) is 6.07 Å². The van der Waals surface area contributed by atoms with Crippen LogP contribution in [0.3, 0.4) is 0 Å². The van der Waals surface area contributed by atoms with Crippen molar-refractivity contribution in [1.29, 1.82) is 5.26 Å². The Bertz CT molecular complexity index is 920. The molecule has 3 nitrogen and oxygen atoms in total. The molecular formula is C19H19N3S2. The van der Waals surface area contributed by atoms with Crippen LogP contribution in [0.1, 0.15) is 27.4 Å². The molecule has 0 unspecified atom stereocenters. The highest BCUT2D eigenvalue weighted by atomic mass is 32.2. The van der Waals surface area contributed by atoms with Crippen LogP contribution in [0.4, 0.5) is 0 Å². The van der Waals surface area contributed by atoms with Crippen LogP contribution in [-0.4, -0.2) is 15.2 Å². The van der Waals surface area contributed by atoms with Gasteiger partial charge in [0, 0.05) is 10.3 Å². The second-order valence-corrected chi connectivity index (χ2v) is 8.36. The van der Waals surface area contributed by atoms with E-state index >= 15 is 0 Å². The van der Waals surface area contributed by atoms with Crippen molar-refractivity contribution >= 4 is 33.3 Å². The Morgan fingerprint density at radius 2 is 1.83 bits per heavy atom. The minimum Gasteiger partial charge on any atom is -0.226 e. The molecule has 0 fully saturated rings. The first-order valence-electron chi connectivity index (χ1n) is 7.84. The van der Waals surface area contributed by atoms with Gasteiger partial charge in [-0.15, -0.1) is 11.3 Å². The van der Waals surface area contributed by atoms with E-state index in [9.17, 15) is 5.26 Å². The third-order valence-corrected chi connectivity index (χ3v) is 6.22. The molecule has 0 amide bonds. The number of nitrogens with zero attached hydrogens (tertiary/aromatic N) is 3. The number of aromatic nitrogens is 2. The van der Waals surface area contributed by atoms with Gasteiger partial charge in [0.25, 0.3) is 0 Å². The first kappa shape index (κ1) is 16.9. The normalized spacial score (nSPS) is 12.3. The number of thiophene rings is 1. The van der Waals surface area contributed by atoms with Gasteiger partial charge in [-0.25, -0.2) is 9.97 Å². The summed E-state index contributed by atoms with van der Waals surface area (Å²) in [5, 5.41) is 11.5. The summed E-state index contributed by atoms with van der Waals surface area (Å²) in [6.07, 6.45) is 0.716. The number of benzene rings is 1. The van der Waals surface area contributed by atoms with Crippen molar-refractivity contribution < 1.29 is 0 Å². The molecule has 2 heterocycles. The number of aryl methyl sites for hydroxylation is 4. The minimum absolute atomic E-state index is 0.162. The van der Waals surface area contributed by atoms with Gasteiger partial charge >= 0.3 is 0 Å². The lowest BCUT2D eigenvalue weighted by Crippen LogP contribution is -2.05. The average Bonchev–Trinajstić information content (AvgIpc) is 2.83. The molecule has 0 N–H and O–H groups in total. The Balaban J connectivity index is 1.92. The maximum atomic E-state index is 9.61. The first-order valence-corrected chi connectivity index (χ1v) is 9.53. The molecule has 0 spiro atoms. The summed E-state index contributed by atoms with van der Waals surface area (Å²) in [5.74, 6) is 0.762. The zero-order valence-electron chi connectivity index (χ0n) is 14.3. The lowest BCUT2D eigenvalue weighted by molar-refractivity contribution is 0.988. The molecule has 0 saturated carbocycles. The van der Waals surface area contributed by atoms with Gasteiger partial charge in [0.05, 0.1) is 6.07 Å². The monoisotopic (exact) mass is 353 g/mol. The fraction of sp³-hybridized carbons (Fsp3) is 0.316. The van der Waals surface area contributed by atoms with Crippen molar-refractivity contribution in [2.75, 3.05) is 0 Å². The van der Waals surface area contributed by atoms with Crippen LogP contribution in [-0.2, 0) is 6.42 Å². The van der Waals surface area contributed by atoms with E-state index in [1.165, 1.54) is 21.6 Å². The SMILES string of the molecule is Cc1ccc(C[C@H](C#N)Sc2nc(C)nc3sc(C)c(C)c23)cc1. The molecule has 24 heavy (non-hydrogen) atoms. The van der Waals surface area contributed by atoms with Gasteiger partial charge in [-0.3, -0.25) is 0 Å². The highest BCUT2D eigenvalue weighted by molar-refractivity contribution is 8.00. The smallest absolute Gasteiger partial charge is 0.128 e. The Kier molecular flexibility index (Phi) is 4.88. The fourth-order valence-electron chi connectivity index (χ4n) is 2.59. The largest absolute Gasteiger partial charge is 0.226 e. The molecule has 0 aliphatic carbocycles. The summed E-state index contributed by atoms with van der Waals surface area (Å²) in [6, 6.07) is 10.8. The molecule has 0 radical (unpaired) electrons. The maximum absolute atomic E-state index is 9.61. The van der Waals surface area contributed by atoms with Crippen LogP contribution in [0, 0.1) is 39.0 Å². The molecule has 3 rings (SSSR count). The van der Waals surface area contributed by atoms with Crippen LogP contribution in [0.2, 0.25) is 0 Å². The Morgan fingerprint density at radius 1 is 1.12 bits per heavy atom. The Morgan fingerprint density at radius 3 is 2.50 bits per heavy atom. The van der Waals surface area contributed by atoms with Gasteiger partial charge < -0.3 is 0 Å². The van der Waals surface area contributed by atoms with Crippen LogP contribution < -0.4 is 0 Å². The number of nitriles is 1.